The Morgan fingerprint density at radius 2 is 2.00 bits per heavy atom. The van der Waals surface area contributed by atoms with Crippen LogP contribution in [0.3, 0.4) is 0 Å². The number of rotatable bonds is 7. The van der Waals surface area contributed by atoms with Crippen LogP contribution in [0.4, 0.5) is 0 Å². The minimum atomic E-state index is -0.750. The quantitative estimate of drug-likeness (QED) is 0.775. The molecule has 138 valence electrons. The number of likely N-dealkylation sites (tertiary alicyclic amines) is 1. The molecule has 0 radical (unpaired) electrons. The molecule has 2 rings (SSSR count). The lowest BCUT2D eigenvalue weighted by atomic mass is 9.92. The largest absolute Gasteiger partial charge is 0.481 e. The summed E-state index contributed by atoms with van der Waals surface area (Å²) in [5.74, 6) is -0.394. The van der Waals surface area contributed by atoms with Gasteiger partial charge in [0.1, 0.15) is 0 Å². The average molecular weight is 367 g/mol. The van der Waals surface area contributed by atoms with E-state index in [-0.39, 0.29) is 24.4 Å². The maximum atomic E-state index is 12.6. The lowest BCUT2D eigenvalue weighted by molar-refractivity contribution is -0.137. The molecule has 25 heavy (non-hydrogen) atoms. The number of nitrogens with one attached hydrogen (secondary N) is 1. The van der Waals surface area contributed by atoms with Gasteiger partial charge in [-0.25, -0.2) is 0 Å². The third-order valence-corrected chi connectivity index (χ3v) is 5.22. The van der Waals surface area contributed by atoms with E-state index in [2.05, 4.69) is 10.2 Å². The molecule has 0 aliphatic carbocycles. The number of carbonyl (C=O) groups is 2. The molecule has 1 fully saturated rings. The van der Waals surface area contributed by atoms with Crippen LogP contribution >= 0.6 is 11.6 Å². The zero-order chi connectivity index (χ0) is 18.4. The van der Waals surface area contributed by atoms with Crippen molar-refractivity contribution < 1.29 is 14.7 Å². The van der Waals surface area contributed by atoms with Crippen molar-refractivity contribution in [2.75, 3.05) is 13.1 Å². The van der Waals surface area contributed by atoms with Gasteiger partial charge in [-0.2, -0.15) is 0 Å². The Balaban J connectivity index is 1.87. The Labute approximate surface area is 154 Å². The molecular weight excluding hydrogens is 340 g/mol. The second-order valence-corrected chi connectivity index (χ2v) is 7.33. The number of benzene rings is 1. The van der Waals surface area contributed by atoms with E-state index in [0.29, 0.717) is 17.4 Å². The van der Waals surface area contributed by atoms with Crippen molar-refractivity contribution in [3.63, 3.8) is 0 Å². The minimum absolute atomic E-state index is 0.00124. The van der Waals surface area contributed by atoms with Crippen LogP contribution in [0.15, 0.2) is 24.3 Å². The first kappa shape index (κ1) is 19.7. The van der Waals surface area contributed by atoms with Crippen molar-refractivity contribution in [3.8, 4) is 0 Å². The molecule has 0 aromatic heterocycles. The zero-order valence-corrected chi connectivity index (χ0v) is 15.6. The van der Waals surface area contributed by atoms with Gasteiger partial charge in [-0.05, 0) is 63.3 Å². The Morgan fingerprint density at radius 1 is 1.32 bits per heavy atom. The standard InChI is InChI=1S/C19H27ClN2O3/c1-13(16-6-8-17(20)9-7-16)21-19(25)14(2)22-11-3-4-15(12-22)5-10-18(23)24/h6-9,13-15H,3-5,10-12H2,1-2H3,(H,21,25)(H,23,24). The van der Waals surface area contributed by atoms with Gasteiger partial charge in [0.25, 0.3) is 0 Å². The first-order chi connectivity index (χ1) is 11.9. The normalized spacial score (nSPS) is 20.7. The molecular formula is C19H27ClN2O3. The number of hydrogen-bond acceptors (Lipinski definition) is 3. The van der Waals surface area contributed by atoms with Crippen molar-refractivity contribution in [2.45, 2.75) is 51.6 Å². The van der Waals surface area contributed by atoms with Crippen LogP contribution in [-0.4, -0.2) is 41.0 Å². The van der Waals surface area contributed by atoms with Crippen LogP contribution in [-0.2, 0) is 9.59 Å². The predicted octanol–water partition coefficient (Wildman–Crippen LogP) is 3.48. The van der Waals surface area contributed by atoms with Gasteiger partial charge in [0, 0.05) is 18.0 Å². The van der Waals surface area contributed by atoms with Crippen LogP contribution in [0.2, 0.25) is 5.02 Å². The highest BCUT2D eigenvalue weighted by Gasteiger charge is 2.28. The maximum absolute atomic E-state index is 12.6. The smallest absolute Gasteiger partial charge is 0.303 e. The Morgan fingerprint density at radius 3 is 2.64 bits per heavy atom. The third-order valence-electron chi connectivity index (χ3n) is 4.97. The summed E-state index contributed by atoms with van der Waals surface area (Å²) in [4.78, 5) is 25.5. The van der Waals surface area contributed by atoms with E-state index in [1.807, 2.05) is 38.1 Å². The number of nitrogens with zero attached hydrogens (tertiary/aromatic N) is 1. The number of piperidine rings is 1. The molecule has 1 aromatic rings. The molecule has 2 N–H and O–H groups in total. The molecule has 3 atom stereocenters. The molecule has 1 amide bonds. The van der Waals surface area contributed by atoms with E-state index in [0.717, 1.165) is 31.5 Å². The molecule has 1 heterocycles. The Kier molecular flexibility index (Phi) is 7.26. The molecule has 1 aromatic carbocycles. The number of carboxylic acids is 1. The number of amides is 1. The highest BCUT2D eigenvalue weighted by molar-refractivity contribution is 6.30. The fourth-order valence-electron chi connectivity index (χ4n) is 3.35. The fourth-order valence-corrected chi connectivity index (χ4v) is 3.47. The molecule has 5 nitrogen and oxygen atoms in total. The van der Waals surface area contributed by atoms with Crippen LogP contribution in [0.1, 0.15) is 51.1 Å². The molecule has 3 unspecified atom stereocenters. The fraction of sp³-hybridized carbons (Fsp3) is 0.579. The topological polar surface area (TPSA) is 69.6 Å². The molecule has 1 aliphatic heterocycles. The summed E-state index contributed by atoms with van der Waals surface area (Å²) in [6.07, 6.45) is 2.93. The number of halogens is 1. The van der Waals surface area contributed by atoms with Crippen molar-refractivity contribution in [1.29, 1.82) is 0 Å². The van der Waals surface area contributed by atoms with Crippen LogP contribution in [0, 0.1) is 5.92 Å². The van der Waals surface area contributed by atoms with E-state index in [9.17, 15) is 9.59 Å². The lowest BCUT2D eigenvalue weighted by Crippen LogP contribution is -2.49. The number of aliphatic carboxylic acids is 1. The number of carboxylic acid groups (broad SMARTS) is 1. The van der Waals surface area contributed by atoms with Gasteiger partial charge in [-0.15, -0.1) is 0 Å². The summed E-state index contributed by atoms with van der Waals surface area (Å²) >= 11 is 5.90. The summed E-state index contributed by atoms with van der Waals surface area (Å²) < 4.78 is 0. The summed E-state index contributed by atoms with van der Waals surface area (Å²) in [6.45, 7) is 5.55. The zero-order valence-electron chi connectivity index (χ0n) is 14.9. The average Bonchev–Trinajstić information content (AvgIpc) is 2.60. The van der Waals surface area contributed by atoms with Gasteiger partial charge in [-0.1, -0.05) is 23.7 Å². The highest BCUT2D eigenvalue weighted by Crippen LogP contribution is 2.23. The molecule has 0 spiro atoms. The predicted molar refractivity (Wildman–Crippen MR) is 98.6 cm³/mol. The number of carbonyl (C=O) groups excluding carboxylic acids is 1. The lowest BCUT2D eigenvalue weighted by Gasteiger charge is -2.36. The molecule has 1 saturated heterocycles. The van der Waals surface area contributed by atoms with Gasteiger partial charge >= 0.3 is 5.97 Å². The highest BCUT2D eigenvalue weighted by atomic mass is 35.5. The van der Waals surface area contributed by atoms with Crippen LogP contribution in [0.5, 0.6) is 0 Å². The van der Waals surface area contributed by atoms with Gasteiger partial charge < -0.3 is 10.4 Å². The van der Waals surface area contributed by atoms with Crippen molar-refractivity contribution in [3.05, 3.63) is 34.9 Å². The van der Waals surface area contributed by atoms with E-state index >= 15 is 0 Å². The summed E-state index contributed by atoms with van der Waals surface area (Å²) in [5.41, 5.74) is 1.02. The van der Waals surface area contributed by atoms with Gasteiger partial charge in [0.05, 0.1) is 12.1 Å². The van der Waals surface area contributed by atoms with Gasteiger partial charge in [0.15, 0.2) is 0 Å². The first-order valence-electron chi connectivity index (χ1n) is 8.88. The van der Waals surface area contributed by atoms with Gasteiger partial charge in [-0.3, -0.25) is 14.5 Å². The van der Waals surface area contributed by atoms with Gasteiger partial charge in [0.2, 0.25) is 5.91 Å². The maximum Gasteiger partial charge on any atom is 0.303 e. The van der Waals surface area contributed by atoms with Crippen molar-refractivity contribution in [2.24, 2.45) is 5.92 Å². The summed E-state index contributed by atoms with van der Waals surface area (Å²) in [6, 6.07) is 7.17. The molecule has 1 aliphatic rings. The SMILES string of the molecule is CC(NC(=O)C(C)N1CCCC(CCC(=O)O)C1)c1ccc(Cl)cc1. The Bertz CT molecular complexity index is 591. The Hall–Kier alpha value is -1.59. The first-order valence-corrected chi connectivity index (χ1v) is 9.26. The number of hydrogen-bond donors (Lipinski definition) is 2. The van der Waals surface area contributed by atoms with E-state index in [1.165, 1.54) is 0 Å². The molecule has 6 heteroatoms. The van der Waals surface area contributed by atoms with E-state index in [1.54, 1.807) is 0 Å². The summed E-state index contributed by atoms with van der Waals surface area (Å²) in [5, 5.41) is 12.6. The summed E-state index contributed by atoms with van der Waals surface area (Å²) in [7, 11) is 0. The third kappa shape index (κ3) is 6.01. The van der Waals surface area contributed by atoms with E-state index in [4.69, 9.17) is 16.7 Å². The minimum Gasteiger partial charge on any atom is -0.481 e. The van der Waals surface area contributed by atoms with Crippen molar-refractivity contribution in [1.82, 2.24) is 10.2 Å². The monoisotopic (exact) mass is 366 g/mol. The second-order valence-electron chi connectivity index (χ2n) is 6.89. The second kappa shape index (κ2) is 9.20. The van der Waals surface area contributed by atoms with Crippen molar-refractivity contribution >= 4 is 23.5 Å². The van der Waals surface area contributed by atoms with E-state index < -0.39 is 5.97 Å². The van der Waals surface area contributed by atoms with Crippen LogP contribution in [0.25, 0.3) is 0 Å². The van der Waals surface area contributed by atoms with Crippen LogP contribution < -0.4 is 5.32 Å². The molecule has 0 saturated carbocycles. The molecule has 0 bridgehead atoms.